The molecular weight excluding hydrogens is 362 g/mol. The van der Waals surface area contributed by atoms with Gasteiger partial charge in [-0.2, -0.15) is 0 Å². The molecule has 1 saturated heterocycles. The Morgan fingerprint density at radius 2 is 1.69 bits per heavy atom. The molecule has 0 bridgehead atoms. The monoisotopic (exact) mass is 389 g/mol. The van der Waals surface area contributed by atoms with Crippen LogP contribution in [0.4, 0.5) is 5.69 Å². The Kier molecular flexibility index (Phi) is 6.08. The molecule has 0 spiro atoms. The lowest BCUT2D eigenvalue weighted by molar-refractivity contribution is -0.122. The summed E-state index contributed by atoms with van der Waals surface area (Å²) in [6.45, 7) is 6.33. The van der Waals surface area contributed by atoms with Crippen LogP contribution < -0.4 is 5.32 Å². The first-order valence-corrected chi connectivity index (χ1v) is 10.1. The quantitative estimate of drug-likeness (QED) is 0.690. The van der Waals surface area contributed by atoms with Crippen molar-refractivity contribution in [3.63, 3.8) is 0 Å². The maximum Gasteiger partial charge on any atom is 0.246 e. The van der Waals surface area contributed by atoms with Crippen LogP contribution in [0.3, 0.4) is 0 Å². The zero-order valence-electron chi connectivity index (χ0n) is 16.8. The second kappa shape index (κ2) is 9.07. The molecule has 1 aromatic heterocycles. The molecular formula is C24H27N3O2. The van der Waals surface area contributed by atoms with Gasteiger partial charge in [-0.15, -0.1) is 0 Å². The van der Waals surface area contributed by atoms with Crippen molar-refractivity contribution in [1.82, 2.24) is 9.80 Å². The number of furan rings is 1. The first-order chi connectivity index (χ1) is 14.2. The lowest BCUT2D eigenvalue weighted by atomic mass is 10.0. The molecule has 1 unspecified atom stereocenters. The van der Waals surface area contributed by atoms with Gasteiger partial charge in [0.2, 0.25) is 5.91 Å². The fourth-order valence-electron chi connectivity index (χ4n) is 3.81. The summed E-state index contributed by atoms with van der Waals surface area (Å²) in [4.78, 5) is 17.9. The number of anilines is 1. The van der Waals surface area contributed by atoms with E-state index in [-0.39, 0.29) is 11.9 Å². The smallest absolute Gasteiger partial charge is 0.246 e. The third kappa shape index (κ3) is 4.94. The second-order valence-corrected chi connectivity index (χ2v) is 7.56. The van der Waals surface area contributed by atoms with E-state index in [1.165, 1.54) is 5.56 Å². The van der Waals surface area contributed by atoms with Gasteiger partial charge >= 0.3 is 0 Å². The van der Waals surface area contributed by atoms with Crippen molar-refractivity contribution in [2.45, 2.75) is 19.5 Å². The Bertz CT molecular complexity index is 899. The predicted molar refractivity (Wildman–Crippen MR) is 115 cm³/mol. The van der Waals surface area contributed by atoms with Crippen LogP contribution in [0.15, 0.2) is 77.4 Å². The fourth-order valence-corrected chi connectivity index (χ4v) is 3.81. The van der Waals surface area contributed by atoms with Crippen molar-refractivity contribution in [2.75, 3.05) is 31.5 Å². The molecule has 3 aromatic rings. The number of aryl methyl sites for hydroxylation is 1. The minimum Gasteiger partial charge on any atom is -0.468 e. The van der Waals surface area contributed by atoms with Crippen LogP contribution in [0.2, 0.25) is 0 Å². The van der Waals surface area contributed by atoms with Gasteiger partial charge in [-0.05, 0) is 36.8 Å². The van der Waals surface area contributed by atoms with Gasteiger partial charge in [-0.1, -0.05) is 48.0 Å². The SMILES string of the molecule is Cc1ccc(NC(=O)C(c2ccccc2)N2CCN(Cc3ccco3)CC2)cc1. The minimum absolute atomic E-state index is 0.0135. The number of hydrogen-bond acceptors (Lipinski definition) is 4. The molecule has 1 atom stereocenters. The Balaban J connectivity index is 1.46. The maximum absolute atomic E-state index is 13.3. The molecule has 150 valence electrons. The van der Waals surface area contributed by atoms with Gasteiger partial charge < -0.3 is 9.73 Å². The number of piperazine rings is 1. The van der Waals surface area contributed by atoms with Crippen LogP contribution >= 0.6 is 0 Å². The van der Waals surface area contributed by atoms with Gasteiger partial charge in [0.1, 0.15) is 11.8 Å². The summed E-state index contributed by atoms with van der Waals surface area (Å²) < 4.78 is 5.47. The van der Waals surface area contributed by atoms with Gasteiger partial charge in [0.05, 0.1) is 12.8 Å². The summed E-state index contributed by atoms with van der Waals surface area (Å²) in [5.41, 5.74) is 3.03. The number of carbonyl (C=O) groups excluding carboxylic acids is 1. The van der Waals surface area contributed by atoms with Crippen molar-refractivity contribution < 1.29 is 9.21 Å². The fraction of sp³-hybridized carbons (Fsp3) is 0.292. The van der Waals surface area contributed by atoms with E-state index in [2.05, 4.69) is 15.1 Å². The average molecular weight is 389 g/mol. The Morgan fingerprint density at radius 3 is 2.34 bits per heavy atom. The third-order valence-electron chi connectivity index (χ3n) is 5.41. The number of hydrogen-bond donors (Lipinski definition) is 1. The highest BCUT2D eigenvalue weighted by molar-refractivity contribution is 5.95. The summed E-state index contributed by atoms with van der Waals surface area (Å²) >= 11 is 0. The minimum atomic E-state index is -0.303. The molecule has 1 N–H and O–H groups in total. The van der Waals surface area contributed by atoms with Crippen LogP contribution in [-0.2, 0) is 11.3 Å². The highest BCUT2D eigenvalue weighted by atomic mass is 16.3. The van der Waals surface area contributed by atoms with Gasteiger partial charge in [0, 0.05) is 31.9 Å². The van der Waals surface area contributed by atoms with Crippen LogP contribution in [0.5, 0.6) is 0 Å². The van der Waals surface area contributed by atoms with E-state index in [0.29, 0.717) is 0 Å². The van der Waals surface area contributed by atoms with E-state index in [9.17, 15) is 4.79 Å². The van der Waals surface area contributed by atoms with Gasteiger partial charge in [-0.25, -0.2) is 0 Å². The molecule has 29 heavy (non-hydrogen) atoms. The molecule has 0 radical (unpaired) electrons. The molecule has 1 aliphatic rings. The number of carbonyl (C=O) groups is 1. The van der Waals surface area contributed by atoms with Crippen molar-refractivity contribution in [1.29, 1.82) is 0 Å². The van der Waals surface area contributed by atoms with E-state index in [1.807, 2.05) is 73.7 Å². The highest BCUT2D eigenvalue weighted by Gasteiger charge is 2.30. The normalized spacial score (nSPS) is 16.4. The molecule has 5 heteroatoms. The van der Waals surface area contributed by atoms with Crippen LogP contribution in [0.25, 0.3) is 0 Å². The van der Waals surface area contributed by atoms with Crippen molar-refractivity contribution >= 4 is 11.6 Å². The molecule has 1 fully saturated rings. The number of rotatable bonds is 6. The third-order valence-corrected chi connectivity index (χ3v) is 5.41. The lowest BCUT2D eigenvalue weighted by Gasteiger charge is -2.38. The lowest BCUT2D eigenvalue weighted by Crippen LogP contribution is -2.49. The zero-order chi connectivity index (χ0) is 20.1. The van der Waals surface area contributed by atoms with Crippen molar-refractivity contribution in [3.8, 4) is 0 Å². The highest BCUT2D eigenvalue weighted by Crippen LogP contribution is 2.25. The number of benzene rings is 2. The maximum atomic E-state index is 13.3. The molecule has 0 saturated carbocycles. The Morgan fingerprint density at radius 1 is 0.966 bits per heavy atom. The van der Waals surface area contributed by atoms with Crippen molar-refractivity contribution in [3.05, 3.63) is 89.9 Å². The molecule has 4 rings (SSSR count). The topological polar surface area (TPSA) is 48.7 Å². The Labute approximate surface area is 171 Å². The molecule has 0 aliphatic carbocycles. The summed E-state index contributed by atoms with van der Waals surface area (Å²) in [6.07, 6.45) is 1.71. The summed E-state index contributed by atoms with van der Waals surface area (Å²) in [6, 6.07) is 21.6. The number of nitrogens with zero attached hydrogens (tertiary/aromatic N) is 2. The van der Waals surface area contributed by atoms with E-state index in [4.69, 9.17) is 4.42 Å². The van der Waals surface area contributed by atoms with E-state index in [0.717, 1.165) is 49.7 Å². The van der Waals surface area contributed by atoms with E-state index < -0.39 is 0 Å². The van der Waals surface area contributed by atoms with Crippen LogP contribution in [0, 0.1) is 6.92 Å². The molecule has 2 heterocycles. The average Bonchev–Trinajstić information content (AvgIpc) is 3.25. The van der Waals surface area contributed by atoms with Gasteiger partial charge in [-0.3, -0.25) is 14.6 Å². The summed E-state index contributed by atoms with van der Waals surface area (Å²) in [7, 11) is 0. The van der Waals surface area contributed by atoms with E-state index >= 15 is 0 Å². The van der Waals surface area contributed by atoms with Gasteiger partial charge in [0.25, 0.3) is 0 Å². The van der Waals surface area contributed by atoms with Crippen LogP contribution in [-0.4, -0.2) is 41.9 Å². The van der Waals surface area contributed by atoms with Crippen molar-refractivity contribution in [2.24, 2.45) is 0 Å². The standard InChI is InChI=1S/C24H27N3O2/c1-19-9-11-21(12-10-19)25-24(28)23(20-6-3-2-4-7-20)27-15-13-26(14-16-27)18-22-8-5-17-29-22/h2-12,17,23H,13-16,18H2,1H3,(H,25,28). The number of amides is 1. The number of nitrogens with one attached hydrogen (secondary N) is 1. The summed E-state index contributed by atoms with van der Waals surface area (Å²) in [5.74, 6) is 0.995. The Hall–Kier alpha value is -2.89. The summed E-state index contributed by atoms with van der Waals surface area (Å²) in [5, 5.41) is 3.10. The zero-order valence-corrected chi connectivity index (χ0v) is 16.8. The molecule has 2 aromatic carbocycles. The first kappa shape index (κ1) is 19.4. The van der Waals surface area contributed by atoms with E-state index in [1.54, 1.807) is 6.26 Å². The molecule has 5 nitrogen and oxygen atoms in total. The van der Waals surface area contributed by atoms with Gasteiger partial charge in [0.15, 0.2) is 0 Å². The van der Waals surface area contributed by atoms with Crippen LogP contribution in [0.1, 0.15) is 22.9 Å². The molecule has 1 amide bonds. The largest absolute Gasteiger partial charge is 0.468 e. The predicted octanol–water partition coefficient (Wildman–Crippen LogP) is 4.09. The second-order valence-electron chi connectivity index (χ2n) is 7.56. The first-order valence-electron chi connectivity index (χ1n) is 10.1. The molecule has 1 aliphatic heterocycles.